The van der Waals surface area contributed by atoms with E-state index in [-0.39, 0.29) is 6.61 Å². The van der Waals surface area contributed by atoms with Crippen LogP contribution in [0.15, 0.2) is 30.5 Å². The number of nitrogens with zero attached hydrogens (tertiary/aromatic N) is 3. The van der Waals surface area contributed by atoms with E-state index in [9.17, 15) is 0 Å². The molecular formula is C11H11N3O2. The van der Waals surface area contributed by atoms with Gasteiger partial charge in [-0.1, -0.05) is 0 Å². The van der Waals surface area contributed by atoms with Crippen LogP contribution >= 0.6 is 0 Å². The molecule has 0 aliphatic rings. The first-order valence-corrected chi connectivity index (χ1v) is 4.82. The van der Waals surface area contributed by atoms with Crippen molar-refractivity contribution in [2.45, 2.75) is 13.5 Å². The number of hydrogen-bond donors (Lipinski definition) is 1. The first-order chi connectivity index (χ1) is 7.78. The zero-order valence-corrected chi connectivity index (χ0v) is 8.79. The predicted octanol–water partition coefficient (Wildman–Crippen LogP) is 1.46. The van der Waals surface area contributed by atoms with Crippen molar-refractivity contribution in [3.8, 4) is 11.6 Å². The van der Waals surface area contributed by atoms with Crippen LogP contribution in [0.25, 0.3) is 0 Å². The Balaban J connectivity index is 2.11. The summed E-state index contributed by atoms with van der Waals surface area (Å²) in [4.78, 5) is 4.10. The molecule has 5 nitrogen and oxygen atoms in total. The summed E-state index contributed by atoms with van der Waals surface area (Å²) in [6.45, 7) is 1.78. The molecule has 0 atom stereocenters. The van der Waals surface area contributed by atoms with Gasteiger partial charge in [-0.3, -0.25) is 4.98 Å². The number of aliphatic hydroxyl groups excluding tert-OH is 1. The third-order valence-electron chi connectivity index (χ3n) is 1.96. The second kappa shape index (κ2) is 4.67. The number of aliphatic hydroxyl groups is 1. The molecule has 16 heavy (non-hydrogen) atoms. The second-order valence-corrected chi connectivity index (χ2v) is 3.26. The molecule has 0 aliphatic heterocycles. The van der Waals surface area contributed by atoms with Gasteiger partial charge in [0.15, 0.2) is 0 Å². The molecule has 0 spiro atoms. The lowest BCUT2D eigenvalue weighted by atomic mass is 10.4. The van der Waals surface area contributed by atoms with Crippen LogP contribution < -0.4 is 4.74 Å². The highest BCUT2D eigenvalue weighted by Gasteiger charge is 2.00. The summed E-state index contributed by atoms with van der Waals surface area (Å²) >= 11 is 0. The number of ether oxygens (including phenoxy) is 1. The van der Waals surface area contributed by atoms with E-state index in [4.69, 9.17) is 9.84 Å². The lowest BCUT2D eigenvalue weighted by molar-refractivity contribution is 0.274. The van der Waals surface area contributed by atoms with E-state index < -0.39 is 0 Å². The molecule has 1 N–H and O–H groups in total. The van der Waals surface area contributed by atoms with Crippen molar-refractivity contribution in [3.63, 3.8) is 0 Å². The molecule has 0 bridgehead atoms. The third-order valence-corrected chi connectivity index (χ3v) is 1.96. The Kier molecular flexibility index (Phi) is 3.07. The first-order valence-electron chi connectivity index (χ1n) is 4.82. The maximum absolute atomic E-state index is 8.80. The fraction of sp³-hybridized carbons (Fsp3) is 0.182. The minimum atomic E-state index is -0.126. The number of aromatic nitrogens is 3. The Labute approximate surface area is 92.8 Å². The van der Waals surface area contributed by atoms with Crippen LogP contribution in [0.1, 0.15) is 11.4 Å². The van der Waals surface area contributed by atoms with E-state index in [1.54, 1.807) is 18.3 Å². The fourth-order valence-electron chi connectivity index (χ4n) is 1.12. The Morgan fingerprint density at radius 1 is 1.19 bits per heavy atom. The van der Waals surface area contributed by atoms with Crippen LogP contribution in [0.5, 0.6) is 11.6 Å². The highest BCUT2D eigenvalue weighted by molar-refractivity contribution is 5.24. The smallest absolute Gasteiger partial charge is 0.238 e. The Morgan fingerprint density at radius 2 is 2.06 bits per heavy atom. The van der Waals surface area contributed by atoms with Crippen LogP contribution in [0, 0.1) is 6.92 Å². The van der Waals surface area contributed by atoms with Crippen molar-refractivity contribution < 1.29 is 9.84 Å². The van der Waals surface area contributed by atoms with Gasteiger partial charge in [0.2, 0.25) is 5.88 Å². The van der Waals surface area contributed by atoms with Gasteiger partial charge in [0.05, 0.1) is 18.5 Å². The number of aryl methyl sites for hydroxylation is 1. The summed E-state index contributed by atoms with van der Waals surface area (Å²) in [7, 11) is 0. The monoisotopic (exact) mass is 217 g/mol. The van der Waals surface area contributed by atoms with E-state index in [1.807, 2.05) is 19.1 Å². The van der Waals surface area contributed by atoms with E-state index >= 15 is 0 Å². The highest BCUT2D eigenvalue weighted by Crippen LogP contribution is 2.17. The molecule has 0 aromatic carbocycles. The van der Waals surface area contributed by atoms with Gasteiger partial charge in [-0.2, -0.15) is 0 Å². The van der Waals surface area contributed by atoms with Gasteiger partial charge < -0.3 is 9.84 Å². The Hall–Kier alpha value is -2.01. The molecular weight excluding hydrogens is 206 g/mol. The molecule has 0 radical (unpaired) electrons. The summed E-state index contributed by atoms with van der Waals surface area (Å²) in [5.41, 5.74) is 1.43. The van der Waals surface area contributed by atoms with Crippen molar-refractivity contribution in [3.05, 3.63) is 41.9 Å². The van der Waals surface area contributed by atoms with Gasteiger partial charge in [-0.25, -0.2) is 0 Å². The van der Waals surface area contributed by atoms with Crippen LogP contribution in [0.4, 0.5) is 0 Å². The lowest BCUT2D eigenvalue weighted by Gasteiger charge is -2.03. The maximum Gasteiger partial charge on any atom is 0.238 e. The molecule has 2 rings (SSSR count). The number of hydrogen-bond acceptors (Lipinski definition) is 5. The molecule has 2 aromatic rings. The molecule has 0 saturated carbocycles. The van der Waals surface area contributed by atoms with Crippen molar-refractivity contribution in [1.29, 1.82) is 0 Å². The standard InChI is InChI=1S/C11H11N3O2/c1-8-2-4-10(6-12-8)16-11-5-3-9(7-15)13-14-11/h2-6,15H,7H2,1H3. The molecule has 0 amide bonds. The van der Waals surface area contributed by atoms with Crippen LogP contribution in [0.2, 0.25) is 0 Å². The van der Waals surface area contributed by atoms with E-state index in [1.165, 1.54) is 0 Å². The first kappa shape index (κ1) is 10.5. The normalized spacial score (nSPS) is 10.1. The second-order valence-electron chi connectivity index (χ2n) is 3.26. The molecule has 2 heterocycles. The Bertz CT molecular complexity index is 454. The van der Waals surface area contributed by atoms with Crippen LogP contribution in [-0.4, -0.2) is 20.3 Å². The summed E-state index contributed by atoms with van der Waals surface area (Å²) in [6.07, 6.45) is 1.62. The summed E-state index contributed by atoms with van der Waals surface area (Å²) in [5.74, 6) is 0.986. The average Bonchev–Trinajstić information content (AvgIpc) is 2.33. The van der Waals surface area contributed by atoms with Gasteiger partial charge in [-0.05, 0) is 25.1 Å². The molecule has 5 heteroatoms. The van der Waals surface area contributed by atoms with E-state index in [0.29, 0.717) is 17.3 Å². The molecule has 0 saturated heterocycles. The van der Waals surface area contributed by atoms with Gasteiger partial charge in [0, 0.05) is 11.8 Å². The topological polar surface area (TPSA) is 68.1 Å². The number of rotatable bonds is 3. The minimum absolute atomic E-state index is 0.126. The molecule has 0 unspecified atom stereocenters. The molecule has 0 fully saturated rings. The van der Waals surface area contributed by atoms with Crippen molar-refractivity contribution in [2.75, 3.05) is 0 Å². The summed E-state index contributed by atoms with van der Waals surface area (Å²) < 4.78 is 5.42. The average molecular weight is 217 g/mol. The van der Waals surface area contributed by atoms with E-state index in [2.05, 4.69) is 15.2 Å². The molecule has 2 aromatic heterocycles. The van der Waals surface area contributed by atoms with E-state index in [0.717, 1.165) is 5.69 Å². The zero-order valence-electron chi connectivity index (χ0n) is 8.79. The molecule has 0 aliphatic carbocycles. The quantitative estimate of drug-likeness (QED) is 0.843. The van der Waals surface area contributed by atoms with Gasteiger partial charge in [-0.15, -0.1) is 10.2 Å². The number of pyridine rings is 1. The molecule has 82 valence electrons. The minimum Gasteiger partial charge on any atom is -0.436 e. The Morgan fingerprint density at radius 3 is 2.62 bits per heavy atom. The van der Waals surface area contributed by atoms with Crippen LogP contribution in [0.3, 0.4) is 0 Å². The summed E-state index contributed by atoms with van der Waals surface area (Å²) in [6, 6.07) is 6.97. The van der Waals surface area contributed by atoms with Crippen molar-refractivity contribution in [2.24, 2.45) is 0 Å². The predicted molar refractivity (Wildman–Crippen MR) is 57.0 cm³/mol. The van der Waals surface area contributed by atoms with Crippen LogP contribution in [-0.2, 0) is 6.61 Å². The third kappa shape index (κ3) is 2.52. The highest BCUT2D eigenvalue weighted by atomic mass is 16.5. The van der Waals surface area contributed by atoms with Gasteiger partial charge >= 0.3 is 0 Å². The fourth-order valence-corrected chi connectivity index (χ4v) is 1.12. The zero-order chi connectivity index (χ0) is 11.4. The SMILES string of the molecule is Cc1ccc(Oc2ccc(CO)nn2)cn1. The van der Waals surface area contributed by atoms with Gasteiger partial charge in [0.1, 0.15) is 5.75 Å². The maximum atomic E-state index is 8.80. The van der Waals surface area contributed by atoms with Crippen molar-refractivity contribution in [1.82, 2.24) is 15.2 Å². The summed E-state index contributed by atoms with van der Waals surface area (Å²) in [5, 5.41) is 16.4. The van der Waals surface area contributed by atoms with Gasteiger partial charge in [0.25, 0.3) is 0 Å². The van der Waals surface area contributed by atoms with Crippen molar-refractivity contribution >= 4 is 0 Å². The lowest BCUT2D eigenvalue weighted by Crippen LogP contribution is -1.95. The largest absolute Gasteiger partial charge is 0.436 e.